The van der Waals surface area contributed by atoms with Gasteiger partial charge in [-0.1, -0.05) is 24.3 Å². The van der Waals surface area contributed by atoms with E-state index in [4.69, 9.17) is 23.7 Å². The molecule has 36 heavy (non-hydrogen) atoms. The third-order valence-corrected chi connectivity index (χ3v) is 5.21. The third kappa shape index (κ3) is 6.29. The van der Waals surface area contributed by atoms with E-state index in [2.05, 4.69) is 5.32 Å². The van der Waals surface area contributed by atoms with Gasteiger partial charge in [0.2, 0.25) is 11.7 Å². The Hall–Kier alpha value is -4.59. The number of phenols is 1. The first kappa shape index (κ1) is 26.0. The molecule has 0 heterocycles. The van der Waals surface area contributed by atoms with Crippen LogP contribution in [0.2, 0.25) is 0 Å². The molecule has 0 saturated carbocycles. The lowest BCUT2D eigenvalue weighted by Gasteiger charge is -2.14. The van der Waals surface area contributed by atoms with Crippen molar-refractivity contribution in [2.75, 3.05) is 40.9 Å². The van der Waals surface area contributed by atoms with E-state index in [9.17, 15) is 9.90 Å². The summed E-state index contributed by atoms with van der Waals surface area (Å²) in [6.45, 7) is 0. The summed E-state index contributed by atoms with van der Waals surface area (Å²) in [6.07, 6.45) is 6.71. The summed E-state index contributed by atoms with van der Waals surface area (Å²) in [5.74, 6) is 2.18. The largest absolute Gasteiger partial charge is 0.508 e. The van der Waals surface area contributed by atoms with Gasteiger partial charge in [0.1, 0.15) is 5.75 Å². The Balaban J connectivity index is 1.91. The smallest absolute Gasteiger partial charge is 0.248 e. The molecule has 0 bridgehead atoms. The molecule has 0 saturated heterocycles. The van der Waals surface area contributed by atoms with Gasteiger partial charge in [-0.25, -0.2) is 0 Å². The van der Waals surface area contributed by atoms with Crippen molar-refractivity contribution in [1.82, 2.24) is 0 Å². The van der Waals surface area contributed by atoms with Crippen LogP contribution in [-0.2, 0) is 4.79 Å². The first-order valence-corrected chi connectivity index (χ1v) is 10.9. The molecule has 8 nitrogen and oxygen atoms in total. The van der Waals surface area contributed by atoms with Crippen LogP contribution in [0.1, 0.15) is 16.7 Å². The number of rotatable bonds is 10. The van der Waals surface area contributed by atoms with Crippen molar-refractivity contribution >= 4 is 29.8 Å². The predicted molar refractivity (Wildman–Crippen MR) is 140 cm³/mol. The Morgan fingerprint density at radius 2 is 1.25 bits per heavy atom. The number of hydrogen-bond donors (Lipinski definition) is 2. The van der Waals surface area contributed by atoms with Crippen LogP contribution in [0.3, 0.4) is 0 Å². The zero-order valence-corrected chi connectivity index (χ0v) is 20.8. The summed E-state index contributed by atoms with van der Waals surface area (Å²) < 4.78 is 27.2. The second-order valence-corrected chi connectivity index (χ2v) is 7.51. The summed E-state index contributed by atoms with van der Waals surface area (Å²) in [4.78, 5) is 12.6. The number of ether oxygens (including phenoxy) is 5. The van der Waals surface area contributed by atoms with Crippen molar-refractivity contribution in [3.8, 4) is 34.5 Å². The fraction of sp³-hybridized carbons (Fsp3) is 0.179. The van der Waals surface area contributed by atoms with Crippen LogP contribution >= 0.6 is 0 Å². The van der Waals surface area contributed by atoms with Gasteiger partial charge in [-0.2, -0.15) is 0 Å². The Morgan fingerprint density at radius 1 is 0.694 bits per heavy atom. The minimum Gasteiger partial charge on any atom is -0.508 e. The Bertz CT molecular complexity index is 1260. The highest BCUT2D eigenvalue weighted by molar-refractivity contribution is 6.03. The molecule has 188 valence electrons. The van der Waals surface area contributed by atoms with E-state index in [1.807, 2.05) is 24.3 Å². The predicted octanol–water partition coefficient (Wildman–Crippen LogP) is 5.26. The van der Waals surface area contributed by atoms with Gasteiger partial charge in [0, 0.05) is 6.08 Å². The number of benzene rings is 3. The maximum absolute atomic E-state index is 12.6. The number of hydrogen-bond acceptors (Lipinski definition) is 7. The molecule has 3 rings (SSSR count). The summed E-state index contributed by atoms with van der Waals surface area (Å²) in [5, 5.41) is 12.4. The minimum absolute atomic E-state index is 0.121. The molecule has 8 heteroatoms. The fourth-order valence-electron chi connectivity index (χ4n) is 3.54. The van der Waals surface area contributed by atoms with Gasteiger partial charge in [-0.15, -0.1) is 0 Å². The third-order valence-electron chi connectivity index (χ3n) is 5.21. The summed E-state index contributed by atoms with van der Waals surface area (Å²) in [6, 6.07) is 13.8. The highest BCUT2D eigenvalue weighted by Crippen LogP contribution is 2.40. The van der Waals surface area contributed by atoms with Crippen LogP contribution in [0.15, 0.2) is 54.6 Å². The van der Waals surface area contributed by atoms with E-state index in [0.29, 0.717) is 40.0 Å². The van der Waals surface area contributed by atoms with Crippen LogP contribution < -0.4 is 29.0 Å². The molecule has 3 aromatic carbocycles. The highest BCUT2D eigenvalue weighted by atomic mass is 16.5. The zero-order valence-electron chi connectivity index (χ0n) is 20.8. The van der Waals surface area contributed by atoms with Crippen molar-refractivity contribution in [2.24, 2.45) is 0 Å². The van der Waals surface area contributed by atoms with Crippen molar-refractivity contribution in [1.29, 1.82) is 0 Å². The van der Waals surface area contributed by atoms with E-state index in [1.165, 1.54) is 20.3 Å². The number of phenolic OH excluding ortho intramolecular Hbond substituents is 1. The molecule has 0 aliphatic rings. The quantitative estimate of drug-likeness (QED) is 0.295. The molecule has 0 spiro atoms. The Labute approximate surface area is 210 Å². The number of nitrogens with one attached hydrogen (secondary N) is 1. The van der Waals surface area contributed by atoms with Crippen molar-refractivity contribution in [3.63, 3.8) is 0 Å². The topological polar surface area (TPSA) is 95.5 Å². The molecule has 1 amide bonds. The van der Waals surface area contributed by atoms with Crippen LogP contribution in [0, 0.1) is 0 Å². The number of methoxy groups -OCH3 is 5. The Kier molecular flexibility index (Phi) is 8.83. The molecule has 2 N–H and O–H groups in total. The van der Waals surface area contributed by atoms with Gasteiger partial charge in [0.25, 0.3) is 0 Å². The van der Waals surface area contributed by atoms with Gasteiger partial charge in [0.05, 0.1) is 41.2 Å². The monoisotopic (exact) mass is 491 g/mol. The lowest BCUT2D eigenvalue weighted by Crippen LogP contribution is -2.09. The fourth-order valence-corrected chi connectivity index (χ4v) is 3.54. The van der Waals surface area contributed by atoms with Crippen LogP contribution in [0.25, 0.3) is 18.2 Å². The molecule has 0 unspecified atom stereocenters. The van der Waals surface area contributed by atoms with E-state index in [0.717, 1.165) is 11.1 Å². The number of aromatic hydroxyl groups is 1. The average molecular weight is 492 g/mol. The maximum Gasteiger partial charge on any atom is 0.248 e. The SMILES string of the molecule is COc1cc(C=Cc2cc(OC)c(OC)c(OC)c2)cc(NC(=O)/C=C/c2cccc(O)c2)c1OC. The van der Waals surface area contributed by atoms with E-state index in [-0.39, 0.29) is 11.7 Å². The summed E-state index contributed by atoms with van der Waals surface area (Å²) >= 11 is 0. The molecule has 0 aliphatic carbocycles. The first-order chi connectivity index (χ1) is 17.4. The normalized spacial score (nSPS) is 10.9. The van der Waals surface area contributed by atoms with Gasteiger partial charge >= 0.3 is 0 Å². The summed E-state index contributed by atoms with van der Waals surface area (Å²) in [7, 11) is 7.69. The second kappa shape index (κ2) is 12.2. The molecule has 0 atom stereocenters. The molecule has 0 radical (unpaired) electrons. The molecule has 0 aromatic heterocycles. The zero-order chi connectivity index (χ0) is 26.1. The van der Waals surface area contributed by atoms with Crippen molar-refractivity contribution in [2.45, 2.75) is 0 Å². The van der Waals surface area contributed by atoms with E-state index >= 15 is 0 Å². The number of carbonyl (C=O) groups excluding carboxylic acids is 1. The maximum atomic E-state index is 12.6. The second-order valence-electron chi connectivity index (χ2n) is 7.51. The molecular formula is C28H29NO7. The van der Waals surface area contributed by atoms with Gasteiger partial charge in [-0.05, 0) is 59.2 Å². The van der Waals surface area contributed by atoms with Gasteiger partial charge < -0.3 is 34.1 Å². The number of carbonyl (C=O) groups is 1. The van der Waals surface area contributed by atoms with Crippen LogP contribution in [-0.4, -0.2) is 46.6 Å². The summed E-state index contributed by atoms with van der Waals surface area (Å²) in [5.41, 5.74) is 2.70. The van der Waals surface area contributed by atoms with Crippen LogP contribution in [0.4, 0.5) is 5.69 Å². The number of anilines is 1. The first-order valence-electron chi connectivity index (χ1n) is 10.9. The molecule has 0 aliphatic heterocycles. The van der Waals surface area contributed by atoms with Crippen molar-refractivity contribution < 1.29 is 33.6 Å². The van der Waals surface area contributed by atoms with E-state index < -0.39 is 0 Å². The average Bonchev–Trinajstić information content (AvgIpc) is 2.89. The van der Waals surface area contributed by atoms with Gasteiger partial charge in [0.15, 0.2) is 23.0 Å². The number of amides is 1. The van der Waals surface area contributed by atoms with E-state index in [1.54, 1.807) is 63.8 Å². The lowest BCUT2D eigenvalue weighted by molar-refractivity contribution is -0.111. The lowest BCUT2D eigenvalue weighted by atomic mass is 10.1. The highest BCUT2D eigenvalue weighted by Gasteiger charge is 2.15. The molecular weight excluding hydrogens is 462 g/mol. The minimum atomic E-state index is -0.371. The Morgan fingerprint density at radius 3 is 1.78 bits per heavy atom. The van der Waals surface area contributed by atoms with Crippen molar-refractivity contribution in [3.05, 3.63) is 71.3 Å². The standard InChI is InChI=1S/C28H29NO7/c1-32-23-15-19(9-10-20-16-24(33-2)28(36-5)25(17-20)34-3)14-22(27(23)35-4)29-26(31)12-11-18-7-6-8-21(30)13-18/h6-17,30H,1-5H3,(H,29,31)/b10-9?,12-11+. The van der Waals surface area contributed by atoms with Gasteiger partial charge in [-0.3, -0.25) is 4.79 Å². The molecule has 0 fully saturated rings. The van der Waals surface area contributed by atoms with Crippen LogP contribution in [0.5, 0.6) is 34.5 Å². The molecule has 3 aromatic rings.